The van der Waals surface area contributed by atoms with Crippen LogP contribution in [-0.4, -0.2) is 69.2 Å². The second-order valence-corrected chi connectivity index (χ2v) is 21.0. The van der Waals surface area contributed by atoms with Crippen LogP contribution in [0.4, 0.5) is 22.7 Å². The van der Waals surface area contributed by atoms with Crippen LogP contribution < -0.4 is 9.80 Å². The Hall–Kier alpha value is -5.32. The van der Waals surface area contributed by atoms with Gasteiger partial charge in [0.2, 0.25) is 0 Å². The van der Waals surface area contributed by atoms with Crippen molar-refractivity contribution in [3.63, 3.8) is 0 Å². The molecule has 0 aromatic heterocycles. The summed E-state index contributed by atoms with van der Waals surface area (Å²) < 4.78 is 2.15. The van der Waals surface area contributed by atoms with E-state index < -0.39 is 0 Å². The van der Waals surface area contributed by atoms with Gasteiger partial charge in [-0.1, -0.05) is 50.2 Å². The third-order valence-electron chi connectivity index (χ3n) is 19.0. The molecule has 7 aliphatic heterocycles. The third-order valence-corrected chi connectivity index (χ3v) is 19.0. The predicted octanol–water partition coefficient (Wildman–Crippen LogP) is 9.54. The first kappa shape index (κ1) is 37.3. The highest BCUT2D eigenvalue weighted by Crippen LogP contribution is 2.70. The maximum absolute atomic E-state index is 11.6. The number of quaternary nitrogens is 2. The molecule has 0 N–H and O–H groups in total. The van der Waals surface area contributed by atoms with Crippen LogP contribution in [0.1, 0.15) is 74.6 Å². The summed E-state index contributed by atoms with van der Waals surface area (Å²) >= 11 is 0. The molecule has 4 aromatic rings. The van der Waals surface area contributed by atoms with Gasteiger partial charge in [-0.2, -0.15) is 0 Å². The molecule has 4 bridgehead atoms. The number of non-ortho nitro benzene ring substituents is 2. The minimum absolute atomic E-state index is 0.0304. The molecule has 2 spiro atoms. The van der Waals surface area contributed by atoms with Crippen LogP contribution in [0.25, 0.3) is 0 Å². The smallest absolute Gasteiger partial charge is 0.269 e. The molecule has 7 heterocycles. The van der Waals surface area contributed by atoms with Crippen molar-refractivity contribution in [2.45, 2.75) is 100 Å². The standard InChI is InChI=1S/C52H56N6O4/c1-3-35-31-57(29-33-13-17-37(18-14-33)55(59)60)23-21-51-43-9-5-8-12-46(43)54-28-42-40-26-48-52(22-24-58(48,32-36(40)4-2)30-34-15-19-38(20-16-34)56(61)62)44-10-6-7-11-45(44)53(50(42)52)27-41(49(51)54)39(35)25-47(51)57/h5-20,27-28,35-36,39-40,47-50H,3-4,21-26,29-32H2,1-2H3/q+2/b41-27-,42-28?/t35-,36-,39+,40?,47+,48?,49+,50+,51-,52-,57?,58?/m1/s1. The normalized spacial score (nSPS) is 39.1. The lowest BCUT2D eigenvalue weighted by Gasteiger charge is -2.60. The van der Waals surface area contributed by atoms with E-state index in [2.05, 4.69) is 84.6 Å². The highest BCUT2D eigenvalue weighted by Gasteiger charge is 2.76. The first-order valence-corrected chi connectivity index (χ1v) is 23.5. The second kappa shape index (κ2) is 12.7. The molecule has 4 aromatic carbocycles. The summed E-state index contributed by atoms with van der Waals surface area (Å²) in [6, 6.07) is 35.3. The van der Waals surface area contributed by atoms with Gasteiger partial charge in [0.25, 0.3) is 11.4 Å². The Bertz CT molecular complexity index is 2460. The Morgan fingerprint density at radius 1 is 0.597 bits per heavy atom. The lowest BCUT2D eigenvalue weighted by molar-refractivity contribution is -0.964. The second-order valence-electron chi connectivity index (χ2n) is 21.0. The number of nitro groups is 2. The van der Waals surface area contributed by atoms with E-state index in [-0.39, 0.29) is 44.1 Å². The van der Waals surface area contributed by atoms with Crippen molar-refractivity contribution in [3.8, 4) is 0 Å². The van der Waals surface area contributed by atoms with Gasteiger partial charge < -0.3 is 18.8 Å². The van der Waals surface area contributed by atoms with Gasteiger partial charge in [-0.15, -0.1) is 0 Å². The highest BCUT2D eigenvalue weighted by atomic mass is 16.6. The summed E-state index contributed by atoms with van der Waals surface area (Å²) in [5.41, 5.74) is 11.9. The average molecular weight is 829 g/mol. The Kier molecular flexibility index (Phi) is 7.61. The van der Waals surface area contributed by atoms with Gasteiger partial charge in [0.05, 0.1) is 58.9 Å². The summed E-state index contributed by atoms with van der Waals surface area (Å²) in [5, 5.41) is 23.3. The summed E-state index contributed by atoms with van der Waals surface area (Å²) in [4.78, 5) is 28.4. The molecule has 2 aliphatic carbocycles. The molecule has 13 rings (SSSR count). The summed E-state index contributed by atoms with van der Waals surface area (Å²) in [6.45, 7) is 11.2. The molecule has 62 heavy (non-hydrogen) atoms. The fourth-order valence-electron chi connectivity index (χ4n) is 16.9. The number of nitrogens with zero attached hydrogens (tertiary/aromatic N) is 6. The van der Waals surface area contributed by atoms with Crippen LogP contribution in [-0.2, 0) is 23.9 Å². The zero-order valence-electron chi connectivity index (χ0n) is 35.8. The maximum atomic E-state index is 11.6. The molecule has 12 atom stereocenters. The largest absolute Gasteiger partial charge is 0.339 e. The quantitative estimate of drug-likeness (QED) is 0.0999. The predicted molar refractivity (Wildman–Crippen MR) is 239 cm³/mol. The van der Waals surface area contributed by atoms with Crippen molar-refractivity contribution >= 4 is 22.7 Å². The number of anilines is 2. The van der Waals surface area contributed by atoms with E-state index in [1.54, 1.807) is 35.4 Å². The lowest BCUT2D eigenvalue weighted by atomic mass is 9.54. The van der Waals surface area contributed by atoms with Crippen molar-refractivity contribution in [1.82, 2.24) is 0 Å². The number of benzene rings is 4. The van der Waals surface area contributed by atoms with Gasteiger partial charge in [-0.25, -0.2) is 0 Å². The fourth-order valence-corrected chi connectivity index (χ4v) is 16.9. The molecule has 10 nitrogen and oxygen atoms in total. The van der Waals surface area contributed by atoms with E-state index in [0.29, 0.717) is 35.8 Å². The Morgan fingerprint density at radius 2 is 1.00 bits per heavy atom. The van der Waals surface area contributed by atoms with Gasteiger partial charge in [-0.05, 0) is 83.3 Å². The van der Waals surface area contributed by atoms with E-state index in [1.165, 1.54) is 46.5 Å². The number of para-hydroxylation sites is 2. The van der Waals surface area contributed by atoms with E-state index in [1.807, 2.05) is 24.3 Å². The monoisotopic (exact) mass is 828 g/mol. The molecule has 2 saturated carbocycles. The van der Waals surface area contributed by atoms with E-state index in [9.17, 15) is 20.2 Å². The third kappa shape index (κ3) is 4.52. The molecule has 6 fully saturated rings. The molecular weight excluding hydrogens is 773 g/mol. The molecule has 316 valence electrons. The number of piperidine rings is 2. The Balaban J connectivity index is 0.991. The fraction of sp³-hybridized carbons (Fsp3) is 0.462. The van der Waals surface area contributed by atoms with Gasteiger partial charge in [-0.3, -0.25) is 20.2 Å². The average Bonchev–Trinajstić information content (AvgIpc) is 3.98. The number of hydrogen-bond donors (Lipinski definition) is 0. The minimum atomic E-state index is -0.278. The summed E-state index contributed by atoms with van der Waals surface area (Å²) in [5.74, 6) is 2.04. The minimum Gasteiger partial charge on any atom is -0.339 e. The number of fused-ring (bicyclic) bond motifs is 8. The van der Waals surface area contributed by atoms with E-state index in [0.717, 1.165) is 73.9 Å². The van der Waals surface area contributed by atoms with Gasteiger partial charge >= 0.3 is 0 Å². The van der Waals surface area contributed by atoms with Crippen LogP contribution in [0.15, 0.2) is 121 Å². The van der Waals surface area contributed by atoms with E-state index in [4.69, 9.17) is 0 Å². The summed E-state index contributed by atoms with van der Waals surface area (Å²) in [6.07, 6.45) is 12.4. The molecular formula is C52H56N6O4+2. The van der Waals surface area contributed by atoms with Gasteiger partial charge in [0, 0.05) is 96.7 Å². The highest BCUT2D eigenvalue weighted by molar-refractivity contribution is 5.76. The molecule has 9 aliphatic rings. The van der Waals surface area contributed by atoms with E-state index >= 15 is 0 Å². The van der Waals surface area contributed by atoms with Crippen LogP contribution in [0.5, 0.6) is 0 Å². The zero-order chi connectivity index (χ0) is 41.9. The number of rotatable bonds is 8. The maximum Gasteiger partial charge on any atom is 0.269 e. The van der Waals surface area contributed by atoms with Gasteiger partial charge in [0.1, 0.15) is 25.2 Å². The number of nitro benzene ring substituents is 2. The first-order chi connectivity index (χ1) is 30.1. The SMILES string of the molecule is CC[C@@H]1C[N+]2(Cc3ccc([N+](=O)[O-])cc3)CC[C@@]34c5ccccc5N5/C=C6/[C@H]7C[C@H]8[C@@]9(CC[N+]8(Cc8ccc([N+](=O)[O-])cc8)C[C@H]7CC)c7ccccc7N(C=C(C1CC32)[C@H]54)[C@@H]69. The van der Waals surface area contributed by atoms with Crippen molar-refractivity contribution in [1.29, 1.82) is 0 Å². The lowest BCUT2D eigenvalue weighted by Crippen LogP contribution is -2.70. The van der Waals surface area contributed by atoms with Crippen molar-refractivity contribution in [3.05, 3.63) is 163 Å². The summed E-state index contributed by atoms with van der Waals surface area (Å²) in [7, 11) is 0. The molecule has 4 saturated heterocycles. The van der Waals surface area contributed by atoms with Crippen LogP contribution in [0, 0.1) is 43.9 Å². The van der Waals surface area contributed by atoms with Crippen molar-refractivity contribution < 1.29 is 18.8 Å². The molecule has 0 radical (unpaired) electrons. The van der Waals surface area contributed by atoms with Crippen molar-refractivity contribution in [2.75, 3.05) is 36.0 Å². The topological polar surface area (TPSA) is 92.8 Å². The Morgan fingerprint density at radius 3 is 1.39 bits per heavy atom. The van der Waals surface area contributed by atoms with Crippen LogP contribution >= 0.6 is 0 Å². The van der Waals surface area contributed by atoms with Crippen LogP contribution in [0.3, 0.4) is 0 Å². The molecule has 4 unspecified atom stereocenters. The van der Waals surface area contributed by atoms with Gasteiger partial charge in [0.15, 0.2) is 0 Å². The zero-order valence-corrected chi connectivity index (χ0v) is 35.8. The molecule has 0 amide bonds. The molecule has 10 heteroatoms. The Labute approximate surface area is 363 Å². The first-order valence-electron chi connectivity index (χ1n) is 23.5. The number of hydrogen-bond acceptors (Lipinski definition) is 6. The van der Waals surface area contributed by atoms with Crippen LogP contribution in [0.2, 0.25) is 0 Å². The van der Waals surface area contributed by atoms with Crippen molar-refractivity contribution in [2.24, 2.45) is 23.7 Å².